The fraction of sp³-hybridized carbons (Fsp3) is 0.188. The summed E-state index contributed by atoms with van der Waals surface area (Å²) in [5.74, 6) is -0.438. The Balaban J connectivity index is 1.97. The number of amides is 1. The number of imidazole rings is 1. The summed E-state index contributed by atoms with van der Waals surface area (Å²) in [7, 11) is 2.81. The van der Waals surface area contributed by atoms with E-state index in [9.17, 15) is 14.4 Å². The third-order valence-corrected chi connectivity index (χ3v) is 4.19. The number of rotatable bonds is 3. The predicted molar refractivity (Wildman–Crippen MR) is 95.0 cm³/mol. The van der Waals surface area contributed by atoms with E-state index >= 15 is 0 Å². The molecule has 2 heterocycles. The van der Waals surface area contributed by atoms with Crippen LogP contribution in [0.15, 0.2) is 33.9 Å². The summed E-state index contributed by atoms with van der Waals surface area (Å²) in [6.45, 7) is -0.261. The second-order valence-electron chi connectivity index (χ2n) is 5.58. The molecule has 10 heteroatoms. The van der Waals surface area contributed by atoms with Crippen LogP contribution >= 0.6 is 11.6 Å². The van der Waals surface area contributed by atoms with Crippen LogP contribution in [0.5, 0.6) is 0 Å². The van der Waals surface area contributed by atoms with Crippen molar-refractivity contribution in [2.75, 3.05) is 5.32 Å². The summed E-state index contributed by atoms with van der Waals surface area (Å²) in [6, 6.07) is 8.31. The van der Waals surface area contributed by atoms with Gasteiger partial charge in [0.05, 0.1) is 11.6 Å². The zero-order valence-corrected chi connectivity index (χ0v) is 14.6. The second kappa shape index (κ2) is 6.50. The molecule has 9 nitrogen and oxygen atoms in total. The molecule has 1 aromatic carbocycles. The van der Waals surface area contributed by atoms with Crippen LogP contribution in [0.1, 0.15) is 5.56 Å². The molecule has 0 fully saturated rings. The first-order chi connectivity index (χ1) is 12.3. The molecule has 0 atom stereocenters. The molecule has 1 N–H and O–H groups in total. The number of aryl methyl sites for hydroxylation is 1. The lowest BCUT2D eigenvalue weighted by Gasteiger charge is -2.08. The minimum atomic E-state index is -0.589. The van der Waals surface area contributed by atoms with E-state index in [0.29, 0.717) is 11.3 Å². The average Bonchev–Trinajstić information content (AvgIpc) is 2.95. The number of hydrogen-bond acceptors (Lipinski definition) is 5. The Hall–Kier alpha value is -3.38. The molecule has 3 aromatic rings. The number of fused-ring (bicyclic) bond motifs is 1. The Morgan fingerprint density at radius 3 is 2.50 bits per heavy atom. The molecule has 3 rings (SSSR count). The lowest BCUT2D eigenvalue weighted by atomic mass is 10.2. The Kier molecular flexibility index (Phi) is 4.36. The number of carbonyl (C=O) groups is 1. The first-order valence-corrected chi connectivity index (χ1v) is 7.83. The summed E-state index contributed by atoms with van der Waals surface area (Å²) in [5, 5.41) is 11.4. The number of nitrogens with one attached hydrogen (secondary N) is 1. The van der Waals surface area contributed by atoms with Crippen molar-refractivity contribution in [2.45, 2.75) is 6.54 Å². The third-order valence-electron chi connectivity index (χ3n) is 3.90. The first kappa shape index (κ1) is 17.4. The Labute approximate surface area is 151 Å². The number of benzene rings is 1. The smallest absolute Gasteiger partial charge is 0.325 e. The average molecular weight is 373 g/mol. The highest BCUT2D eigenvalue weighted by molar-refractivity contribution is 6.29. The zero-order valence-electron chi connectivity index (χ0n) is 13.9. The molecule has 0 bridgehead atoms. The summed E-state index contributed by atoms with van der Waals surface area (Å²) in [6.07, 6.45) is 0. The van der Waals surface area contributed by atoms with Crippen LogP contribution in [0.4, 0.5) is 5.69 Å². The first-order valence-electron chi connectivity index (χ1n) is 7.45. The molecule has 2 aromatic heterocycles. The normalized spacial score (nSPS) is 10.7. The van der Waals surface area contributed by atoms with E-state index in [0.717, 1.165) is 4.57 Å². The highest BCUT2D eigenvalue weighted by Gasteiger charge is 2.19. The Bertz CT molecular complexity index is 1180. The summed E-state index contributed by atoms with van der Waals surface area (Å²) in [5.41, 5.74) is 0.00859. The SMILES string of the molecule is Cn1c(=O)c2c(nc(Cl)n2CC(=O)Nc2ccc(C#N)cc2)n(C)c1=O. The van der Waals surface area contributed by atoms with Gasteiger partial charge in [-0.05, 0) is 35.9 Å². The molecule has 0 spiro atoms. The minimum absolute atomic E-state index is 0.0644. The number of nitriles is 1. The van der Waals surface area contributed by atoms with Crippen molar-refractivity contribution >= 4 is 34.4 Å². The van der Waals surface area contributed by atoms with Crippen molar-refractivity contribution < 1.29 is 4.79 Å². The van der Waals surface area contributed by atoms with Crippen molar-refractivity contribution in [1.29, 1.82) is 5.26 Å². The van der Waals surface area contributed by atoms with Crippen LogP contribution in [-0.2, 0) is 25.4 Å². The van der Waals surface area contributed by atoms with Crippen LogP contribution in [0.25, 0.3) is 11.2 Å². The summed E-state index contributed by atoms with van der Waals surface area (Å²) >= 11 is 6.08. The highest BCUT2D eigenvalue weighted by Crippen LogP contribution is 2.16. The monoisotopic (exact) mass is 372 g/mol. The molecule has 0 saturated heterocycles. The number of nitrogens with zero attached hydrogens (tertiary/aromatic N) is 5. The van der Waals surface area contributed by atoms with Crippen molar-refractivity contribution in [3.63, 3.8) is 0 Å². The van der Waals surface area contributed by atoms with Gasteiger partial charge in [-0.1, -0.05) is 0 Å². The van der Waals surface area contributed by atoms with Gasteiger partial charge in [-0.15, -0.1) is 0 Å². The van der Waals surface area contributed by atoms with E-state index in [1.54, 1.807) is 24.3 Å². The van der Waals surface area contributed by atoms with E-state index in [1.807, 2.05) is 6.07 Å². The standard InChI is InChI=1S/C16H13ClN6O3/c1-21-13-12(14(25)22(2)16(21)26)23(15(17)20-13)8-11(24)19-10-5-3-9(7-18)4-6-10/h3-6H,8H2,1-2H3,(H,19,24). The van der Waals surface area contributed by atoms with Gasteiger partial charge in [0.2, 0.25) is 11.2 Å². The number of anilines is 1. The molecule has 26 heavy (non-hydrogen) atoms. The second-order valence-corrected chi connectivity index (χ2v) is 5.92. The zero-order chi connectivity index (χ0) is 19.0. The molecule has 0 radical (unpaired) electrons. The number of hydrogen-bond donors (Lipinski definition) is 1. The Morgan fingerprint density at radius 1 is 1.23 bits per heavy atom. The molecule has 0 aliphatic rings. The summed E-state index contributed by atoms with van der Waals surface area (Å²) < 4.78 is 3.37. The molecule has 0 aliphatic heterocycles. The maximum atomic E-state index is 12.4. The van der Waals surface area contributed by atoms with Gasteiger partial charge in [-0.2, -0.15) is 10.2 Å². The van der Waals surface area contributed by atoms with Crippen LogP contribution < -0.4 is 16.6 Å². The van der Waals surface area contributed by atoms with Crippen molar-refractivity contribution in [3.8, 4) is 6.07 Å². The maximum absolute atomic E-state index is 12.4. The number of aromatic nitrogens is 4. The molecule has 0 aliphatic carbocycles. The molecular formula is C16H13ClN6O3. The van der Waals surface area contributed by atoms with Crippen molar-refractivity contribution in [2.24, 2.45) is 14.1 Å². The lowest BCUT2D eigenvalue weighted by Crippen LogP contribution is -2.37. The predicted octanol–water partition coefficient (Wildman–Crippen LogP) is 0.597. The topological polar surface area (TPSA) is 115 Å². The summed E-state index contributed by atoms with van der Waals surface area (Å²) in [4.78, 5) is 40.7. The van der Waals surface area contributed by atoms with Crippen LogP contribution in [0, 0.1) is 11.3 Å². The van der Waals surface area contributed by atoms with Gasteiger partial charge in [0.15, 0.2) is 11.2 Å². The molecule has 0 saturated carbocycles. The number of carbonyl (C=O) groups excluding carboxylic acids is 1. The van der Waals surface area contributed by atoms with Crippen molar-refractivity contribution in [3.05, 3.63) is 56.0 Å². The van der Waals surface area contributed by atoms with Gasteiger partial charge in [0.25, 0.3) is 5.56 Å². The Morgan fingerprint density at radius 2 is 1.88 bits per heavy atom. The van der Waals surface area contributed by atoms with Crippen LogP contribution in [-0.4, -0.2) is 24.6 Å². The van der Waals surface area contributed by atoms with Crippen molar-refractivity contribution in [1.82, 2.24) is 18.7 Å². The fourth-order valence-electron chi connectivity index (χ4n) is 2.54. The molecule has 1 amide bonds. The number of halogens is 1. The van der Waals surface area contributed by atoms with Gasteiger partial charge in [-0.25, -0.2) is 4.79 Å². The largest absolute Gasteiger partial charge is 0.332 e. The molecule has 0 unspecified atom stereocenters. The van der Waals surface area contributed by atoms with E-state index in [2.05, 4.69) is 10.3 Å². The van der Waals surface area contributed by atoms with Gasteiger partial charge in [0.1, 0.15) is 6.54 Å². The van der Waals surface area contributed by atoms with Gasteiger partial charge in [0, 0.05) is 19.8 Å². The fourth-order valence-corrected chi connectivity index (χ4v) is 2.76. The quantitative estimate of drug-likeness (QED) is 0.676. The molecular weight excluding hydrogens is 360 g/mol. The van der Waals surface area contributed by atoms with E-state index < -0.39 is 17.2 Å². The highest BCUT2D eigenvalue weighted by atomic mass is 35.5. The van der Waals surface area contributed by atoms with Crippen LogP contribution in [0.2, 0.25) is 5.28 Å². The van der Waals surface area contributed by atoms with E-state index in [-0.39, 0.29) is 23.0 Å². The van der Waals surface area contributed by atoms with Gasteiger partial charge >= 0.3 is 5.69 Å². The van der Waals surface area contributed by atoms with E-state index in [4.69, 9.17) is 16.9 Å². The van der Waals surface area contributed by atoms with Gasteiger partial charge < -0.3 is 5.32 Å². The minimum Gasteiger partial charge on any atom is -0.325 e. The van der Waals surface area contributed by atoms with Crippen LogP contribution in [0.3, 0.4) is 0 Å². The van der Waals surface area contributed by atoms with Gasteiger partial charge in [-0.3, -0.25) is 23.3 Å². The molecule has 132 valence electrons. The van der Waals surface area contributed by atoms with E-state index in [1.165, 1.54) is 23.2 Å². The third kappa shape index (κ3) is 2.87. The maximum Gasteiger partial charge on any atom is 0.332 e. The lowest BCUT2D eigenvalue weighted by molar-refractivity contribution is -0.116.